The molecule has 0 aliphatic rings. The highest BCUT2D eigenvalue weighted by atomic mass is 16.5. The molecule has 17 heavy (non-hydrogen) atoms. The molecule has 1 unspecified atom stereocenters. The van der Waals surface area contributed by atoms with E-state index in [-0.39, 0.29) is 6.04 Å². The minimum Gasteiger partial charge on any atom is -0.493 e. The largest absolute Gasteiger partial charge is 0.493 e. The first-order valence-corrected chi connectivity index (χ1v) is 6.13. The van der Waals surface area contributed by atoms with Gasteiger partial charge in [-0.25, -0.2) is 0 Å². The van der Waals surface area contributed by atoms with Gasteiger partial charge in [0.15, 0.2) is 0 Å². The SMILES string of the molecule is CC(C)COc1ccc(C(CN)N(C)C)cc1. The molecule has 1 rings (SSSR count). The summed E-state index contributed by atoms with van der Waals surface area (Å²) in [6.07, 6.45) is 0. The van der Waals surface area contributed by atoms with Gasteiger partial charge in [-0.2, -0.15) is 0 Å². The third kappa shape index (κ3) is 4.36. The van der Waals surface area contributed by atoms with Crippen molar-refractivity contribution in [2.24, 2.45) is 11.7 Å². The topological polar surface area (TPSA) is 38.5 Å². The molecule has 0 aromatic heterocycles. The maximum atomic E-state index is 5.77. The van der Waals surface area contributed by atoms with Crippen LogP contribution in [0.25, 0.3) is 0 Å². The molecule has 0 bridgehead atoms. The van der Waals surface area contributed by atoms with E-state index in [1.165, 1.54) is 5.56 Å². The normalized spacial score (nSPS) is 13.1. The number of nitrogens with two attached hydrogens (primary N) is 1. The fraction of sp³-hybridized carbons (Fsp3) is 0.571. The maximum Gasteiger partial charge on any atom is 0.119 e. The summed E-state index contributed by atoms with van der Waals surface area (Å²) < 4.78 is 5.65. The van der Waals surface area contributed by atoms with Crippen molar-refractivity contribution in [3.8, 4) is 5.75 Å². The van der Waals surface area contributed by atoms with Crippen LogP contribution in [-0.4, -0.2) is 32.1 Å². The molecule has 0 radical (unpaired) electrons. The summed E-state index contributed by atoms with van der Waals surface area (Å²) in [5, 5.41) is 0. The monoisotopic (exact) mass is 236 g/mol. The number of benzene rings is 1. The van der Waals surface area contributed by atoms with Crippen molar-refractivity contribution in [2.75, 3.05) is 27.2 Å². The van der Waals surface area contributed by atoms with E-state index < -0.39 is 0 Å². The van der Waals surface area contributed by atoms with Crippen LogP contribution in [-0.2, 0) is 0 Å². The van der Waals surface area contributed by atoms with E-state index in [0.29, 0.717) is 12.5 Å². The molecule has 0 heterocycles. The average Bonchev–Trinajstić information content (AvgIpc) is 2.28. The van der Waals surface area contributed by atoms with Crippen molar-refractivity contribution in [1.82, 2.24) is 4.90 Å². The van der Waals surface area contributed by atoms with Gasteiger partial charge in [0.05, 0.1) is 6.61 Å². The second-order valence-electron chi connectivity index (χ2n) is 4.99. The zero-order valence-corrected chi connectivity index (χ0v) is 11.3. The molecule has 1 aromatic rings. The van der Waals surface area contributed by atoms with Gasteiger partial charge in [-0.1, -0.05) is 26.0 Å². The van der Waals surface area contributed by atoms with E-state index in [2.05, 4.69) is 30.9 Å². The summed E-state index contributed by atoms with van der Waals surface area (Å²) >= 11 is 0. The molecule has 1 atom stereocenters. The molecule has 0 spiro atoms. The maximum absolute atomic E-state index is 5.77. The van der Waals surface area contributed by atoms with Gasteiger partial charge >= 0.3 is 0 Å². The van der Waals surface area contributed by atoms with E-state index in [1.807, 2.05) is 26.2 Å². The van der Waals surface area contributed by atoms with E-state index in [9.17, 15) is 0 Å². The number of rotatable bonds is 6. The highest BCUT2D eigenvalue weighted by molar-refractivity contribution is 5.29. The molecule has 0 saturated heterocycles. The lowest BCUT2D eigenvalue weighted by Crippen LogP contribution is -2.27. The molecule has 0 amide bonds. The predicted octanol–water partition coefficient (Wildman–Crippen LogP) is 2.28. The Morgan fingerprint density at radius 1 is 1.18 bits per heavy atom. The summed E-state index contributed by atoms with van der Waals surface area (Å²) in [6.45, 7) is 5.67. The van der Waals surface area contributed by atoms with Gasteiger partial charge in [0.1, 0.15) is 5.75 Å². The predicted molar refractivity (Wildman–Crippen MR) is 72.3 cm³/mol. The molecule has 96 valence electrons. The molecule has 2 N–H and O–H groups in total. The van der Waals surface area contributed by atoms with Crippen molar-refractivity contribution in [1.29, 1.82) is 0 Å². The van der Waals surface area contributed by atoms with Crippen LogP contribution in [0.5, 0.6) is 5.75 Å². The fourth-order valence-corrected chi connectivity index (χ4v) is 1.69. The second-order valence-corrected chi connectivity index (χ2v) is 4.99. The number of hydrogen-bond acceptors (Lipinski definition) is 3. The Kier molecular flexibility index (Phi) is 5.45. The molecule has 0 fully saturated rings. The van der Waals surface area contributed by atoms with Crippen LogP contribution in [0.2, 0.25) is 0 Å². The Morgan fingerprint density at radius 2 is 1.76 bits per heavy atom. The highest BCUT2D eigenvalue weighted by Crippen LogP contribution is 2.20. The Hall–Kier alpha value is -1.06. The van der Waals surface area contributed by atoms with Crippen LogP contribution in [0.4, 0.5) is 0 Å². The minimum absolute atomic E-state index is 0.272. The van der Waals surface area contributed by atoms with Gasteiger partial charge in [0.2, 0.25) is 0 Å². The van der Waals surface area contributed by atoms with Gasteiger partial charge in [0.25, 0.3) is 0 Å². The molecule has 0 saturated carbocycles. The third-order valence-corrected chi connectivity index (χ3v) is 2.69. The van der Waals surface area contributed by atoms with Crippen LogP contribution in [0.1, 0.15) is 25.5 Å². The van der Waals surface area contributed by atoms with Crippen LogP contribution in [0, 0.1) is 5.92 Å². The first kappa shape index (κ1) is 14.0. The minimum atomic E-state index is 0.272. The number of likely N-dealkylation sites (N-methyl/N-ethyl adjacent to an activating group) is 1. The van der Waals surface area contributed by atoms with Gasteiger partial charge in [-0.15, -0.1) is 0 Å². The fourth-order valence-electron chi connectivity index (χ4n) is 1.69. The molecule has 1 aromatic carbocycles. The quantitative estimate of drug-likeness (QED) is 0.823. The van der Waals surface area contributed by atoms with E-state index in [4.69, 9.17) is 10.5 Å². The summed E-state index contributed by atoms with van der Waals surface area (Å²) in [5.41, 5.74) is 7.00. The van der Waals surface area contributed by atoms with E-state index in [1.54, 1.807) is 0 Å². The lowest BCUT2D eigenvalue weighted by molar-refractivity contribution is 0.270. The van der Waals surface area contributed by atoms with Crippen molar-refractivity contribution in [3.63, 3.8) is 0 Å². The molecule has 0 aliphatic heterocycles. The van der Waals surface area contributed by atoms with Gasteiger partial charge < -0.3 is 15.4 Å². The van der Waals surface area contributed by atoms with Crippen molar-refractivity contribution in [2.45, 2.75) is 19.9 Å². The van der Waals surface area contributed by atoms with Gasteiger partial charge in [-0.3, -0.25) is 0 Å². The van der Waals surface area contributed by atoms with Crippen LogP contribution < -0.4 is 10.5 Å². The highest BCUT2D eigenvalue weighted by Gasteiger charge is 2.11. The zero-order valence-electron chi connectivity index (χ0n) is 11.3. The summed E-state index contributed by atoms with van der Waals surface area (Å²) in [6, 6.07) is 8.49. The van der Waals surface area contributed by atoms with E-state index in [0.717, 1.165) is 12.4 Å². The molecule has 0 aliphatic carbocycles. The van der Waals surface area contributed by atoms with Crippen LogP contribution in [0.15, 0.2) is 24.3 Å². The van der Waals surface area contributed by atoms with Crippen molar-refractivity contribution in [3.05, 3.63) is 29.8 Å². The first-order chi connectivity index (χ1) is 8.04. The van der Waals surface area contributed by atoms with Crippen LogP contribution in [0.3, 0.4) is 0 Å². The van der Waals surface area contributed by atoms with Crippen molar-refractivity contribution < 1.29 is 4.74 Å². The first-order valence-electron chi connectivity index (χ1n) is 6.13. The number of ether oxygens (including phenoxy) is 1. The summed E-state index contributed by atoms with van der Waals surface area (Å²) in [4.78, 5) is 2.13. The Labute approximate surface area is 105 Å². The Morgan fingerprint density at radius 3 is 2.18 bits per heavy atom. The Balaban J connectivity index is 2.66. The number of hydrogen-bond donors (Lipinski definition) is 1. The van der Waals surface area contributed by atoms with Crippen molar-refractivity contribution >= 4 is 0 Å². The third-order valence-electron chi connectivity index (χ3n) is 2.69. The molecule has 3 heteroatoms. The average molecular weight is 236 g/mol. The Bertz CT molecular complexity index is 319. The van der Waals surface area contributed by atoms with Crippen LogP contribution >= 0.6 is 0 Å². The van der Waals surface area contributed by atoms with Gasteiger partial charge in [-0.05, 0) is 37.7 Å². The molecular weight excluding hydrogens is 212 g/mol. The second kappa shape index (κ2) is 6.62. The summed E-state index contributed by atoms with van der Waals surface area (Å²) in [7, 11) is 4.08. The molecular formula is C14H24N2O. The lowest BCUT2D eigenvalue weighted by atomic mass is 10.1. The van der Waals surface area contributed by atoms with Gasteiger partial charge in [0, 0.05) is 12.6 Å². The lowest BCUT2D eigenvalue weighted by Gasteiger charge is -2.23. The molecule has 3 nitrogen and oxygen atoms in total. The van der Waals surface area contributed by atoms with E-state index >= 15 is 0 Å². The summed E-state index contributed by atoms with van der Waals surface area (Å²) in [5.74, 6) is 1.48. The standard InChI is InChI=1S/C14H24N2O/c1-11(2)10-17-13-7-5-12(6-8-13)14(9-15)16(3)4/h5-8,11,14H,9-10,15H2,1-4H3. The smallest absolute Gasteiger partial charge is 0.119 e. The zero-order chi connectivity index (χ0) is 12.8. The number of nitrogens with zero attached hydrogens (tertiary/aromatic N) is 1.